The second-order valence-corrected chi connectivity index (χ2v) is 8.49. The highest BCUT2D eigenvalue weighted by Crippen LogP contribution is 2.21. The Morgan fingerprint density at radius 3 is 1.52 bits per heavy atom. The molecule has 0 saturated heterocycles. The van der Waals surface area contributed by atoms with E-state index in [1.165, 1.54) is 29.1 Å². The van der Waals surface area contributed by atoms with Crippen molar-refractivity contribution in [2.24, 2.45) is 5.10 Å². The molecule has 0 spiro atoms. The summed E-state index contributed by atoms with van der Waals surface area (Å²) in [5.41, 5.74) is -3.83. The molecule has 0 fully saturated rings. The number of benzene rings is 4. The van der Waals surface area contributed by atoms with Gasteiger partial charge in [0.15, 0.2) is 58.2 Å². The molecule has 202 valence electrons. The minimum absolute atomic E-state index is 0.196. The van der Waals surface area contributed by atoms with Gasteiger partial charge in [0.25, 0.3) is 6.71 Å². The van der Waals surface area contributed by atoms with Crippen LogP contribution >= 0.6 is 0 Å². The second-order valence-electron chi connectivity index (χ2n) is 8.49. The molecule has 5 aromatic rings. The molecule has 4 aromatic carbocycles. The Balaban J connectivity index is 1.83. The van der Waals surface area contributed by atoms with Gasteiger partial charge in [-0.1, -0.05) is 47.9 Å². The molecule has 5 rings (SSSR count). The molecule has 0 amide bonds. The van der Waals surface area contributed by atoms with Crippen molar-refractivity contribution in [1.29, 1.82) is 0 Å². The fraction of sp³-hybridized carbons (Fsp3) is 0. The van der Waals surface area contributed by atoms with Crippen LogP contribution in [0.4, 0.5) is 43.9 Å². The van der Waals surface area contributed by atoms with Gasteiger partial charge in [0.05, 0.1) is 11.7 Å². The molecule has 0 radical (unpaired) electrons. The third-order valence-corrected chi connectivity index (χ3v) is 6.27. The molecular weight excluding hydrogens is 553 g/mol. The molecular formula is C27H11BF10N2. The van der Waals surface area contributed by atoms with Gasteiger partial charge in [-0.15, -0.1) is 0 Å². The number of halogens is 10. The van der Waals surface area contributed by atoms with E-state index in [1.54, 1.807) is 30.3 Å². The highest BCUT2D eigenvalue weighted by Gasteiger charge is 2.41. The Morgan fingerprint density at radius 1 is 0.525 bits per heavy atom. The van der Waals surface area contributed by atoms with Crippen molar-refractivity contribution in [3.05, 3.63) is 125 Å². The van der Waals surface area contributed by atoms with E-state index in [9.17, 15) is 26.3 Å². The van der Waals surface area contributed by atoms with Crippen molar-refractivity contribution in [2.45, 2.75) is 0 Å². The lowest BCUT2D eigenvalue weighted by molar-refractivity contribution is 0.382. The maximum absolute atomic E-state index is 15.0. The summed E-state index contributed by atoms with van der Waals surface area (Å²) in [6.07, 6.45) is 2.56. The van der Waals surface area contributed by atoms with Gasteiger partial charge in [0.2, 0.25) is 0 Å². The average molecular weight is 564 g/mol. The molecule has 1 heterocycles. The van der Waals surface area contributed by atoms with Crippen LogP contribution in [0.2, 0.25) is 0 Å². The zero-order chi connectivity index (χ0) is 28.9. The summed E-state index contributed by atoms with van der Waals surface area (Å²) in [6, 6.07) is 13.3. The summed E-state index contributed by atoms with van der Waals surface area (Å²) < 4.78 is 146. The van der Waals surface area contributed by atoms with Crippen LogP contribution in [0.1, 0.15) is 5.56 Å². The van der Waals surface area contributed by atoms with Gasteiger partial charge in [-0.2, -0.15) is 5.10 Å². The van der Waals surface area contributed by atoms with Crippen molar-refractivity contribution in [1.82, 2.24) is 4.68 Å². The van der Waals surface area contributed by atoms with Crippen LogP contribution in [0, 0.1) is 58.2 Å². The Hall–Kier alpha value is -4.55. The molecule has 0 aliphatic carbocycles. The third kappa shape index (κ3) is 4.21. The maximum Gasteiger partial charge on any atom is 0.257 e. The van der Waals surface area contributed by atoms with Crippen LogP contribution in [0.25, 0.3) is 10.9 Å². The summed E-state index contributed by atoms with van der Waals surface area (Å²) in [5.74, 6) is -25.2. The van der Waals surface area contributed by atoms with Gasteiger partial charge < -0.3 is 0 Å². The maximum atomic E-state index is 15.0. The lowest BCUT2D eigenvalue weighted by Crippen LogP contribution is -2.59. The van der Waals surface area contributed by atoms with Crippen molar-refractivity contribution in [3.63, 3.8) is 0 Å². The summed E-state index contributed by atoms with van der Waals surface area (Å²) in [7, 11) is 0. The van der Waals surface area contributed by atoms with E-state index in [4.69, 9.17) is 0 Å². The molecule has 0 aliphatic rings. The molecule has 0 atom stereocenters. The molecule has 2 nitrogen and oxygen atoms in total. The summed E-state index contributed by atoms with van der Waals surface area (Å²) in [5, 5.41) is 4.94. The minimum atomic E-state index is -2.70. The highest BCUT2D eigenvalue weighted by molar-refractivity contribution is 6.96. The Bertz CT molecular complexity index is 1710. The zero-order valence-electron chi connectivity index (χ0n) is 19.6. The number of aromatic nitrogens is 1. The number of para-hydroxylation sites is 1. The topological polar surface area (TPSA) is 17.3 Å². The van der Waals surface area contributed by atoms with E-state index >= 15 is 17.6 Å². The van der Waals surface area contributed by atoms with Gasteiger partial charge in [0, 0.05) is 22.5 Å². The fourth-order valence-corrected chi connectivity index (χ4v) is 4.39. The van der Waals surface area contributed by atoms with Crippen LogP contribution in [0.5, 0.6) is 0 Å². The van der Waals surface area contributed by atoms with Gasteiger partial charge >= 0.3 is 0 Å². The number of hydrogen-bond acceptors (Lipinski definition) is 1. The van der Waals surface area contributed by atoms with Crippen LogP contribution in [-0.2, 0) is 0 Å². The largest absolute Gasteiger partial charge is 0.257 e. The SMILES string of the molecule is Fc1c(F)c(F)c(B(c2ccccc2/C=N/n2ccc3ccccc32)c2c(F)c(F)c(F)c(F)c2F)c(F)c1F. The molecule has 13 heteroatoms. The van der Waals surface area contributed by atoms with Crippen LogP contribution in [0.15, 0.2) is 65.9 Å². The Morgan fingerprint density at radius 2 is 0.975 bits per heavy atom. The molecule has 0 saturated carbocycles. The smallest absolute Gasteiger partial charge is 0.240 e. The highest BCUT2D eigenvalue weighted by atomic mass is 19.2. The molecule has 0 unspecified atom stereocenters. The van der Waals surface area contributed by atoms with Crippen molar-refractivity contribution in [2.75, 3.05) is 0 Å². The molecule has 0 N–H and O–H groups in total. The van der Waals surface area contributed by atoms with Gasteiger partial charge in [0.1, 0.15) is 0 Å². The minimum Gasteiger partial charge on any atom is -0.240 e. The predicted molar refractivity (Wildman–Crippen MR) is 128 cm³/mol. The van der Waals surface area contributed by atoms with Gasteiger partial charge in [-0.05, 0) is 17.7 Å². The van der Waals surface area contributed by atoms with Crippen molar-refractivity contribution >= 4 is 40.2 Å². The lowest BCUT2D eigenvalue weighted by atomic mass is 9.35. The van der Waals surface area contributed by atoms with Gasteiger partial charge in [-0.25, -0.2) is 48.6 Å². The van der Waals surface area contributed by atoms with Gasteiger partial charge in [-0.3, -0.25) is 0 Å². The Labute approximate surface area is 218 Å². The molecule has 0 bridgehead atoms. The number of nitrogens with zero attached hydrogens (tertiary/aromatic N) is 2. The predicted octanol–water partition coefficient (Wildman–Crippen LogP) is 5.43. The van der Waals surface area contributed by atoms with E-state index in [0.29, 0.717) is 5.52 Å². The van der Waals surface area contributed by atoms with E-state index in [1.807, 2.05) is 0 Å². The number of fused-ring (bicyclic) bond motifs is 1. The monoisotopic (exact) mass is 564 g/mol. The average Bonchev–Trinajstić information content (AvgIpc) is 3.38. The Kier molecular flexibility index (Phi) is 6.90. The first-order valence-corrected chi connectivity index (χ1v) is 11.3. The van der Waals surface area contributed by atoms with Crippen LogP contribution < -0.4 is 16.4 Å². The van der Waals surface area contributed by atoms with Crippen molar-refractivity contribution in [3.8, 4) is 0 Å². The summed E-state index contributed by atoms with van der Waals surface area (Å²) >= 11 is 0. The number of hydrogen-bond donors (Lipinski definition) is 0. The molecule has 40 heavy (non-hydrogen) atoms. The van der Waals surface area contributed by atoms with E-state index < -0.39 is 81.3 Å². The van der Waals surface area contributed by atoms with E-state index in [-0.39, 0.29) is 5.56 Å². The van der Waals surface area contributed by atoms with E-state index in [0.717, 1.165) is 17.7 Å². The van der Waals surface area contributed by atoms with E-state index in [2.05, 4.69) is 5.10 Å². The summed E-state index contributed by atoms with van der Waals surface area (Å²) in [4.78, 5) is 0. The first-order valence-electron chi connectivity index (χ1n) is 11.3. The van der Waals surface area contributed by atoms with Crippen LogP contribution in [-0.4, -0.2) is 17.6 Å². The fourth-order valence-electron chi connectivity index (χ4n) is 4.39. The first-order chi connectivity index (χ1) is 19.0. The first kappa shape index (κ1) is 27.0. The quantitative estimate of drug-likeness (QED) is 0.0892. The van der Waals surface area contributed by atoms with Crippen molar-refractivity contribution < 1.29 is 43.9 Å². The molecule has 0 aliphatic heterocycles. The van der Waals surface area contributed by atoms with Crippen LogP contribution in [0.3, 0.4) is 0 Å². The normalized spacial score (nSPS) is 11.7. The molecule has 1 aromatic heterocycles. The zero-order valence-corrected chi connectivity index (χ0v) is 19.6. The number of rotatable bonds is 5. The lowest BCUT2D eigenvalue weighted by Gasteiger charge is -2.21. The summed E-state index contributed by atoms with van der Waals surface area (Å²) in [6.45, 7) is -2.70. The second kappa shape index (κ2) is 10.2. The third-order valence-electron chi connectivity index (χ3n) is 6.27. The standard InChI is InChI=1S/C27H11BF10N2/c29-18-16(19(30)23(34)26(37)22(18)33)28(17-20(31)24(35)27(38)25(36)21(17)32)14-7-3-1-6-13(14)11-39-40-10-9-12-5-2-4-8-15(12)40/h1-11H/b39-11+.